The van der Waals surface area contributed by atoms with Crippen molar-refractivity contribution >= 4 is 40.5 Å². The highest BCUT2D eigenvalue weighted by Crippen LogP contribution is 2.24. The van der Waals surface area contributed by atoms with Crippen LogP contribution in [-0.2, 0) is 11.2 Å². The first-order chi connectivity index (χ1) is 12.9. The van der Waals surface area contributed by atoms with E-state index in [2.05, 4.69) is 20.5 Å². The number of anilines is 1. The first kappa shape index (κ1) is 19.2. The second-order valence-corrected chi connectivity index (χ2v) is 8.23. The predicted molar refractivity (Wildman–Crippen MR) is 104 cm³/mol. The molecular weight excluding hydrogens is 384 g/mol. The zero-order valence-corrected chi connectivity index (χ0v) is 16.7. The minimum absolute atomic E-state index is 0.0168. The lowest BCUT2D eigenvalue weighted by Gasteiger charge is -2.10. The third-order valence-corrected chi connectivity index (χ3v) is 5.41. The van der Waals surface area contributed by atoms with Gasteiger partial charge >= 0.3 is 0 Å². The van der Waals surface area contributed by atoms with Crippen LogP contribution in [0, 0.1) is 6.92 Å². The fraction of sp³-hybridized carbons (Fsp3) is 0.278. The zero-order chi connectivity index (χ0) is 19.4. The van der Waals surface area contributed by atoms with Crippen LogP contribution in [0.15, 0.2) is 39.3 Å². The van der Waals surface area contributed by atoms with Crippen molar-refractivity contribution in [3.63, 3.8) is 0 Å². The lowest BCUT2D eigenvalue weighted by Crippen LogP contribution is -2.22. The fourth-order valence-corrected chi connectivity index (χ4v) is 3.55. The van der Waals surface area contributed by atoms with Crippen LogP contribution in [0.5, 0.6) is 0 Å². The van der Waals surface area contributed by atoms with Crippen molar-refractivity contribution in [2.75, 3.05) is 5.32 Å². The maximum atomic E-state index is 12.3. The molecule has 1 N–H and O–H groups in total. The summed E-state index contributed by atoms with van der Waals surface area (Å²) >= 11 is 2.76. The quantitative estimate of drug-likeness (QED) is 0.475. The smallest absolute Gasteiger partial charge is 0.277 e. The number of rotatable bonds is 7. The number of hydrogen-bond donors (Lipinski definition) is 1. The lowest BCUT2D eigenvalue weighted by atomic mass is 10.1. The summed E-state index contributed by atoms with van der Waals surface area (Å²) in [5, 5.41) is 13.7. The van der Waals surface area contributed by atoms with Crippen LogP contribution in [0.4, 0.5) is 5.69 Å². The Labute approximate surface area is 164 Å². The Morgan fingerprint density at radius 3 is 2.63 bits per heavy atom. The van der Waals surface area contributed by atoms with Gasteiger partial charge < -0.3 is 9.73 Å². The van der Waals surface area contributed by atoms with Crippen molar-refractivity contribution in [1.29, 1.82) is 0 Å². The number of benzene rings is 1. The van der Waals surface area contributed by atoms with Gasteiger partial charge in [-0.3, -0.25) is 9.59 Å². The van der Waals surface area contributed by atoms with Gasteiger partial charge in [-0.15, -0.1) is 21.5 Å². The van der Waals surface area contributed by atoms with Gasteiger partial charge in [0, 0.05) is 16.6 Å². The first-order valence-electron chi connectivity index (χ1n) is 8.22. The minimum atomic E-state index is -0.424. The van der Waals surface area contributed by atoms with Gasteiger partial charge in [-0.05, 0) is 45.0 Å². The number of Topliss-reactive ketones (excluding diaryl/α,β-unsaturated/α-hetero) is 1. The van der Waals surface area contributed by atoms with E-state index in [1.54, 1.807) is 42.5 Å². The number of hydrogen-bond acceptors (Lipinski definition) is 8. The number of aromatic nitrogens is 3. The number of ketones is 1. The van der Waals surface area contributed by atoms with Crippen LogP contribution in [-0.4, -0.2) is 32.1 Å². The molecule has 0 aliphatic heterocycles. The molecule has 2 heterocycles. The average Bonchev–Trinajstić information content (AvgIpc) is 3.24. The molecule has 0 radical (unpaired) electrons. The number of aryl methyl sites for hydroxylation is 1. The van der Waals surface area contributed by atoms with Crippen molar-refractivity contribution in [2.24, 2.45) is 0 Å². The van der Waals surface area contributed by atoms with Gasteiger partial charge in [-0.1, -0.05) is 11.8 Å². The molecule has 0 fully saturated rings. The number of nitrogens with one attached hydrogen (secondary N) is 1. The second kappa shape index (κ2) is 8.45. The maximum absolute atomic E-state index is 12.3. The molecule has 1 aromatic carbocycles. The summed E-state index contributed by atoms with van der Waals surface area (Å²) in [7, 11) is 0. The summed E-state index contributed by atoms with van der Waals surface area (Å²) in [6.07, 6.45) is 0.473. The van der Waals surface area contributed by atoms with Gasteiger partial charge in [-0.25, -0.2) is 4.98 Å². The van der Waals surface area contributed by atoms with Crippen LogP contribution >= 0.6 is 23.1 Å². The van der Waals surface area contributed by atoms with E-state index >= 15 is 0 Å². The number of carbonyl (C=O) groups excluding carboxylic acids is 2. The average molecular weight is 403 g/mol. The topological polar surface area (TPSA) is 98.0 Å². The molecule has 0 saturated carbocycles. The van der Waals surface area contributed by atoms with E-state index in [-0.39, 0.29) is 11.7 Å². The van der Waals surface area contributed by atoms with Gasteiger partial charge in [0.2, 0.25) is 11.8 Å². The summed E-state index contributed by atoms with van der Waals surface area (Å²) in [4.78, 5) is 28.0. The maximum Gasteiger partial charge on any atom is 0.277 e. The molecule has 0 spiro atoms. The standard InChI is InChI=1S/C18H18N4O3S2/c1-10(23)13-4-6-14(7-5-13)20-17(24)11(2)27-18-22-21-16(25-18)8-15-9-26-12(3)19-15/h4-7,9,11H,8H2,1-3H3,(H,20,24)/t11-/m0/s1. The Hall–Kier alpha value is -2.52. The van der Waals surface area contributed by atoms with Crippen LogP contribution in [0.1, 0.15) is 40.8 Å². The molecule has 0 aliphatic rings. The predicted octanol–water partition coefficient (Wildman–Crippen LogP) is 3.75. The number of carbonyl (C=O) groups is 2. The van der Waals surface area contributed by atoms with Crippen molar-refractivity contribution in [2.45, 2.75) is 37.7 Å². The Morgan fingerprint density at radius 1 is 1.26 bits per heavy atom. The molecule has 1 amide bonds. The molecule has 2 aromatic heterocycles. The number of thiazole rings is 1. The molecule has 9 heteroatoms. The molecule has 0 unspecified atom stereocenters. The van der Waals surface area contributed by atoms with Gasteiger partial charge in [0.05, 0.1) is 22.4 Å². The van der Waals surface area contributed by atoms with E-state index in [9.17, 15) is 9.59 Å². The molecule has 3 aromatic rings. The van der Waals surface area contributed by atoms with Crippen LogP contribution < -0.4 is 5.32 Å². The molecule has 7 nitrogen and oxygen atoms in total. The summed E-state index contributed by atoms with van der Waals surface area (Å²) in [5.74, 6) is 0.262. The normalized spacial score (nSPS) is 12.0. The third-order valence-electron chi connectivity index (χ3n) is 3.65. The van der Waals surface area contributed by atoms with E-state index < -0.39 is 5.25 Å². The summed E-state index contributed by atoms with van der Waals surface area (Å²) in [6.45, 7) is 5.20. The molecule has 0 aliphatic carbocycles. The summed E-state index contributed by atoms with van der Waals surface area (Å²) in [6, 6.07) is 6.76. The second-order valence-electron chi connectivity index (χ2n) is 5.88. The summed E-state index contributed by atoms with van der Waals surface area (Å²) < 4.78 is 5.60. The Balaban J connectivity index is 1.55. The van der Waals surface area contributed by atoms with E-state index in [4.69, 9.17) is 4.42 Å². The lowest BCUT2D eigenvalue weighted by molar-refractivity contribution is -0.115. The van der Waals surface area contributed by atoms with Crippen LogP contribution in [0.3, 0.4) is 0 Å². The molecular formula is C18H18N4O3S2. The van der Waals surface area contributed by atoms with Gasteiger partial charge in [0.25, 0.3) is 5.22 Å². The number of amides is 1. The van der Waals surface area contributed by atoms with Gasteiger partial charge in [0.1, 0.15) is 0 Å². The Kier molecular flexibility index (Phi) is 6.02. The van der Waals surface area contributed by atoms with E-state index in [1.165, 1.54) is 18.7 Å². The number of nitrogens with zero attached hydrogens (tertiary/aromatic N) is 3. The van der Waals surface area contributed by atoms with Crippen LogP contribution in [0.2, 0.25) is 0 Å². The Morgan fingerprint density at radius 2 is 2.00 bits per heavy atom. The first-order valence-corrected chi connectivity index (χ1v) is 9.98. The third kappa shape index (κ3) is 5.24. The minimum Gasteiger partial charge on any atom is -0.416 e. The fourth-order valence-electron chi connectivity index (χ4n) is 2.24. The molecule has 0 bridgehead atoms. The summed E-state index contributed by atoms with van der Waals surface area (Å²) in [5.41, 5.74) is 2.11. The van der Waals surface area contributed by atoms with Gasteiger partial charge in [0.15, 0.2) is 5.78 Å². The van der Waals surface area contributed by atoms with E-state index in [0.717, 1.165) is 10.7 Å². The van der Waals surface area contributed by atoms with Crippen molar-refractivity contribution in [3.8, 4) is 0 Å². The molecule has 1 atom stereocenters. The van der Waals surface area contributed by atoms with E-state index in [1.807, 2.05) is 12.3 Å². The SMILES string of the molecule is CC(=O)c1ccc(NC(=O)[C@H](C)Sc2nnc(Cc3csc(C)n3)o2)cc1. The monoisotopic (exact) mass is 402 g/mol. The molecule has 140 valence electrons. The largest absolute Gasteiger partial charge is 0.416 e. The van der Waals surface area contributed by atoms with Gasteiger partial charge in [-0.2, -0.15) is 0 Å². The van der Waals surface area contributed by atoms with Crippen LogP contribution in [0.25, 0.3) is 0 Å². The van der Waals surface area contributed by atoms with E-state index in [0.29, 0.717) is 28.8 Å². The highest BCUT2D eigenvalue weighted by Gasteiger charge is 2.19. The number of thioether (sulfide) groups is 1. The van der Waals surface area contributed by atoms with Crippen molar-refractivity contribution in [3.05, 3.63) is 51.8 Å². The molecule has 0 saturated heterocycles. The Bertz CT molecular complexity index is 950. The molecule has 3 rings (SSSR count). The highest BCUT2D eigenvalue weighted by molar-refractivity contribution is 8.00. The highest BCUT2D eigenvalue weighted by atomic mass is 32.2. The molecule has 27 heavy (non-hydrogen) atoms. The zero-order valence-electron chi connectivity index (χ0n) is 15.1. The van der Waals surface area contributed by atoms with Crippen molar-refractivity contribution < 1.29 is 14.0 Å². The van der Waals surface area contributed by atoms with Crippen molar-refractivity contribution in [1.82, 2.24) is 15.2 Å².